The SMILES string of the molecule is CC.COC(=O)CC[C@@H](C)C1CCC2C3C(=O)CC4CCCCC4(C)C3CCC21C. The van der Waals surface area contributed by atoms with E-state index >= 15 is 0 Å². The van der Waals surface area contributed by atoms with Gasteiger partial charge < -0.3 is 4.74 Å². The second kappa shape index (κ2) is 9.33. The minimum Gasteiger partial charge on any atom is -0.469 e. The topological polar surface area (TPSA) is 43.4 Å². The Bertz CT molecular complexity index is 628. The molecule has 0 aromatic rings. The molecule has 0 aromatic carbocycles. The van der Waals surface area contributed by atoms with Crippen LogP contribution in [0.1, 0.15) is 105 Å². The van der Waals surface area contributed by atoms with E-state index < -0.39 is 0 Å². The van der Waals surface area contributed by atoms with Gasteiger partial charge in [0.1, 0.15) is 5.78 Å². The van der Waals surface area contributed by atoms with Crippen molar-refractivity contribution >= 4 is 11.8 Å². The van der Waals surface area contributed by atoms with Crippen molar-refractivity contribution < 1.29 is 14.3 Å². The molecule has 0 aliphatic heterocycles. The van der Waals surface area contributed by atoms with E-state index in [9.17, 15) is 9.59 Å². The highest BCUT2D eigenvalue weighted by Gasteiger charge is 2.62. The zero-order chi connectivity index (χ0) is 22.1. The fraction of sp³-hybridized carbons (Fsp3) is 0.926. The van der Waals surface area contributed by atoms with Gasteiger partial charge in [-0.1, -0.05) is 47.5 Å². The smallest absolute Gasteiger partial charge is 0.305 e. The Balaban J connectivity index is 0.00000124. The van der Waals surface area contributed by atoms with Crippen LogP contribution in [0.4, 0.5) is 0 Å². The highest BCUT2D eigenvalue weighted by Crippen LogP contribution is 2.67. The average molecular weight is 419 g/mol. The van der Waals surface area contributed by atoms with E-state index in [0.717, 1.165) is 12.8 Å². The lowest BCUT2D eigenvalue weighted by Gasteiger charge is -2.60. The van der Waals surface area contributed by atoms with E-state index in [4.69, 9.17) is 4.74 Å². The summed E-state index contributed by atoms with van der Waals surface area (Å²) in [6, 6.07) is 0. The predicted octanol–water partition coefficient (Wildman–Crippen LogP) is 6.83. The van der Waals surface area contributed by atoms with Gasteiger partial charge in [0, 0.05) is 18.8 Å². The standard InChI is InChI=1S/C25H40O3.C2H6/c1-16(8-11-22(27)28-4)18-9-10-19-23-20(12-14-25(18,19)3)24(2)13-6-5-7-17(24)15-21(23)26;1-2/h16-20,23H,5-15H2,1-4H3;1-2H3/t16-,17?,18?,19?,20?,23?,24?,25?;/m1./s1. The molecule has 0 aromatic heterocycles. The van der Waals surface area contributed by atoms with Crippen LogP contribution in [0.5, 0.6) is 0 Å². The summed E-state index contributed by atoms with van der Waals surface area (Å²) in [5.41, 5.74) is 0.691. The molecule has 30 heavy (non-hydrogen) atoms. The summed E-state index contributed by atoms with van der Waals surface area (Å²) in [6.07, 6.45) is 12.6. The molecule has 0 amide bonds. The molecule has 7 unspecified atom stereocenters. The maximum Gasteiger partial charge on any atom is 0.305 e. The summed E-state index contributed by atoms with van der Waals surface area (Å²) < 4.78 is 4.86. The molecule has 0 heterocycles. The maximum absolute atomic E-state index is 13.4. The van der Waals surface area contributed by atoms with E-state index in [2.05, 4.69) is 20.8 Å². The van der Waals surface area contributed by atoms with Gasteiger partial charge in [0.2, 0.25) is 0 Å². The van der Waals surface area contributed by atoms with Crippen molar-refractivity contribution in [1.29, 1.82) is 0 Å². The molecule has 4 aliphatic carbocycles. The molecule has 3 heteroatoms. The van der Waals surface area contributed by atoms with E-state index in [1.54, 1.807) is 0 Å². The van der Waals surface area contributed by atoms with Gasteiger partial charge in [-0.25, -0.2) is 0 Å². The number of carbonyl (C=O) groups is 2. The number of hydrogen-bond donors (Lipinski definition) is 0. The quantitative estimate of drug-likeness (QED) is 0.470. The molecule has 0 N–H and O–H groups in total. The number of ether oxygens (including phenoxy) is 1. The third kappa shape index (κ3) is 3.88. The van der Waals surface area contributed by atoms with Gasteiger partial charge in [-0.15, -0.1) is 0 Å². The van der Waals surface area contributed by atoms with Gasteiger partial charge in [0.05, 0.1) is 7.11 Å². The zero-order valence-corrected chi connectivity index (χ0v) is 20.5. The molecule has 0 spiro atoms. The Morgan fingerprint density at radius 2 is 1.73 bits per heavy atom. The first kappa shape index (κ1) is 23.8. The highest BCUT2D eigenvalue weighted by atomic mass is 16.5. The number of ketones is 1. The minimum absolute atomic E-state index is 0.0889. The molecule has 0 saturated heterocycles. The number of Topliss-reactive ketones (excluding diaryl/α,β-unsaturated/α-hetero) is 1. The van der Waals surface area contributed by atoms with Gasteiger partial charge in [-0.2, -0.15) is 0 Å². The third-order valence-electron chi connectivity index (χ3n) is 10.2. The van der Waals surface area contributed by atoms with Gasteiger partial charge in [0.15, 0.2) is 0 Å². The van der Waals surface area contributed by atoms with Crippen molar-refractivity contribution in [2.75, 3.05) is 7.11 Å². The number of esters is 1. The number of fused-ring (bicyclic) bond motifs is 5. The van der Waals surface area contributed by atoms with Crippen molar-refractivity contribution in [3.63, 3.8) is 0 Å². The second-order valence-electron chi connectivity index (χ2n) is 11.2. The first-order chi connectivity index (χ1) is 14.3. The summed E-state index contributed by atoms with van der Waals surface area (Å²) in [4.78, 5) is 25.0. The molecule has 172 valence electrons. The van der Waals surface area contributed by atoms with Crippen LogP contribution in [0.2, 0.25) is 0 Å². The summed E-state index contributed by atoms with van der Waals surface area (Å²) in [5.74, 6) is 3.86. The van der Waals surface area contributed by atoms with E-state index in [1.807, 2.05) is 13.8 Å². The van der Waals surface area contributed by atoms with Crippen LogP contribution in [0.3, 0.4) is 0 Å². The molecule has 0 radical (unpaired) electrons. The van der Waals surface area contributed by atoms with Crippen molar-refractivity contribution in [2.24, 2.45) is 46.3 Å². The molecule has 0 bridgehead atoms. The van der Waals surface area contributed by atoms with E-state index in [0.29, 0.717) is 53.1 Å². The van der Waals surface area contributed by atoms with Crippen LogP contribution in [0.25, 0.3) is 0 Å². The van der Waals surface area contributed by atoms with Crippen molar-refractivity contribution in [2.45, 2.75) is 105 Å². The summed E-state index contributed by atoms with van der Waals surface area (Å²) in [6.45, 7) is 11.4. The monoisotopic (exact) mass is 418 g/mol. The van der Waals surface area contributed by atoms with Crippen LogP contribution >= 0.6 is 0 Å². The number of carbonyl (C=O) groups excluding carboxylic acids is 2. The van der Waals surface area contributed by atoms with Crippen LogP contribution in [-0.4, -0.2) is 18.9 Å². The lowest BCUT2D eigenvalue weighted by atomic mass is 9.44. The van der Waals surface area contributed by atoms with Gasteiger partial charge >= 0.3 is 5.97 Å². The molecular weight excluding hydrogens is 372 g/mol. The van der Waals surface area contributed by atoms with Gasteiger partial charge in [-0.05, 0) is 85.4 Å². The fourth-order valence-electron chi connectivity index (χ4n) is 8.59. The Morgan fingerprint density at radius 3 is 2.43 bits per heavy atom. The Hall–Kier alpha value is -0.860. The summed E-state index contributed by atoms with van der Waals surface area (Å²) in [7, 11) is 1.48. The van der Waals surface area contributed by atoms with Gasteiger partial charge in [0.25, 0.3) is 0 Å². The Morgan fingerprint density at radius 1 is 1.03 bits per heavy atom. The highest BCUT2D eigenvalue weighted by molar-refractivity contribution is 5.83. The number of methoxy groups -OCH3 is 1. The molecule has 8 atom stereocenters. The Kier molecular flexibility index (Phi) is 7.40. The molecule has 4 saturated carbocycles. The zero-order valence-electron chi connectivity index (χ0n) is 20.5. The first-order valence-corrected chi connectivity index (χ1v) is 12.9. The van der Waals surface area contributed by atoms with Gasteiger partial charge in [-0.3, -0.25) is 9.59 Å². The lowest BCUT2D eigenvalue weighted by molar-refractivity contribution is -0.156. The summed E-state index contributed by atoms with van der Waals surface area (Å²) in [5, 5.41) is 0. The van der Waals surface area contributed by atoms with Crippen LogP contribution < -0.4 is 0 Å². The average Bonchev–Trinajstić information content (AvgIpc) is 3.10. The summed E-state index contributed by atoms with van der Waals surface area (Å²) >= 11 is 0. The number of hydrogen-bond acceptors (Lipinski definition) is 3. The van der Waals surface area contributed by atoms with Crippen molar-refractivity contribution in [1.82, 2.24) is 0 Å². The van der Waals surface area contributed by atoms with Crippen LogP contribution in [-0.2, 0) is 14.3 Å². The van der Waals surface area contributed by atoms with E-state index in [1.165, 1.54) is 58.5 Å². The molecule has 4 aliphatic rings. The third-order valence-corrected chi connectivity index (χ3v) is 10.2. The Labute approximate surface area is 185 Å². The van der Waals surface area contributed by atoms with Crippen molar-refractivity contribution in [3.05, 3.63) is 0 Å². The van der Waals surface area contributed by atoms with Crippen LogP contribution in [0.15, 0.2) is 0 Å². The molecule has 4 fully saturated rings. The molecular formula is C27H46O3. The fourth-order valence-corrected chi connectivity index (χ4v) is 8.59. The lowest BCUT2D eigenvalue weighted by Crippen LogP contribution is -2.56. The van der Waals surface area contributed by atoms with Crippen LogP contribution in [0, 0.1) is 46.3 Å². The van der Waals surface area contributed by atoms with E-state index in [-0.39, 0.29) is 11.4 Å². The minimum atomic E-state index is -0.0889. The number of rotatable bonds is 4. The molecule has 3 nitrogen and oxygen atoms in total. The largest absolute Gasteiger partial charge is 0.469 e. The maximum atomic E-state index is 13.4. The predicted molar refractivity (Wildman–Crippen MR) is 122 cm³/mol. The second-order valence-corrected chi connectivity index (χ2v) is 11.2. The first-order valence-electron chi connectivity index (χ1n) is 12.9. The molecule has 4 rings (SSSR count). The normalized spacial score (nSPS) is 43.4. The van der Waals surface area contributed by atoms with Crippen molar-refractivity contribution in [3.8, 4) is 0 Å².